The summed E-state index contributed by atoms with van der Waals surface area (Å²) in [6.07, 6.45) is 7.09. The number of hydrogen-bond donors (Lipinski definition) is 0. The van der Waals surface area contributed by atoms with Crippen molar-refractivity contribution in [2.45, 2.75) is 25.7 Å². The Labute approximate surface area is 153 Å². The zero-order valence-electron chi connectivity index (χ0n) is 14.8. The molecule has 1 aromatic rings. The molecule has 0 bridgehead atoms. The molecule has 2 fully saturated rings. The van der Waals surface area contributed by atoms with E-state index in [1.54, 1.807) is 24.5 Å². The van der Waals surface area contributed by atoms with E-state index in [4.69, 9.17) is 4.74 Å². The summed E-state index contributed by atoms with van der Waals surface area (Å²) in [5.41, 5.74) is 0.176. The van der Waals surface area contributed by atoms with Gasteiger partial charge in [0.15, 0.2) is 0 Å². The van der Waals surface area contributed by atoms with Crippen LogP contribution in [0.1, 0.15) is 30.6 Å². The summed E-state index contributed by atoms with van der Waals surface area (Å²) >= 11 is 1.63. The van der Waals surface area contributed by atoms with Gasteiger partial charge in [-0.1, -0.05) is 6.07 Å². The van der Waals surface area contributed by atoms with E-state index in [0.29, 0.717) is 19.6 Å². The topological polar surface area (TPSA) is 49.9 Å². The van der Waals surface area contributed by atoms with Crippen LogP contribution in [0.3, 0.4) is 0 Å². The van der Waals surface area contributed by atoms with E-state index in [9.17, 15) is 9.59 Å². The van der Waals surface area contributed by atoms with Crippen molar-refractivity contribution in [3.63, 3.8) is 0 Å². The van der Waals surface area contributed by atoms with Gasteiger partial charge in [0.05, 0.1) is 6.61 Å². The second kappa shape index (κ2) is 8.15. The van der Waals surface area contributed by atoms with E-state index in [-0.39, 0.29) is 17.2 Å². The van der Waals surface area contributed by atoms with Crippen LogP contribution < -0.4 is 0 Å². The lowest BCUT2D eigenvalue weighted by atomic mass is 9.72. The summed E-state index contributed by atoms with van der Waals surface area (Å²) in [6.45, 7) is 3.62. The Morgan fingerprint density at radius 2 is 2.16 bits per heavy atom. The maximum Gasteiger partial charge on any atom is 0.246 e. The van der Waals surface area contributed by atoms with Crippen molar-refractivity contribution in [2.24, 2.45) is 5.41 Å². The highest BCUT2D eigenvalue weighted by atomic mass is 32.1. The number of ether oxygens (including phenoxy) is 1. The van der Waals surface area contributed by atoms with Gasteiger partial charge in [0.25, 0.3) is 0 Å². The molecule has 5 nitrogen and oxygen atoms in total. The van der Waals surface area contributed by atoms with E-state index in [1.807, 2.05) is 33.4 Å². The van der Waals surface area contributed by atoms with Gasteiger partial charge in [-0.2, -0.15) is 0 Å². The number of amides is 2. The fourth-order valence-electron chi connectivity index (χ4n) is 3.76. The maximum absolute atomic E-state index is 12.4. The van der Waals surface area contributed by atoms with Gasteiger partial charge in [0.1, 0.15) is 0 Å². The van der Waals surface area contributed by atoms with E-state index in [2.05, 4.69) is 0 Å². The average Bonchev–Trinajstić information content (AvgIpc) is 3.15. The average molecular weight is 362 g/mol. The maximum atomic E-state index is 12.4. The van der Waals surface area contributed by atoms with Gasteiger partial charge in [-0.15, -0.1) is 11.3 Å². The smallest absolute Gasteiger partial charge is 0.246 e. The molecule has 2 aliphatic rings. The SMILES string of the molecule is COCCN1CC2(CCC1=O)CCN(C(=O)/C=C/c1cccs1)CC2. The highest BCUT2D eigenvalue weighted by Crippen LogP contribution is 2.40. The van der Waals surface area contributed by atoms with E-state index < -0.39 is 0 Å². The molecular weight excluding hydrogens is 336 g/mol. The number of piperidine rings is 2. The van der Waals surface area contributed by atoms with Gasteiger partial charge in [-0.05, 0) is 42.2 Å². The first-order valence-electron chi connectivity index (χ1n) is 8.89. The Bertz CT molecular complexity index is 619. The van der Waals surface area contributed by atoms with E-state index in [0.717, 1.165) is 43.8 Å². The molecule has 1 aromatic heterocycles. The van der Waals surface area contributed by atoms with Crippen LogP contribution in [-0.2, 0) is 14.3 Å². The summed E-state index contributed by atoms with van der Waals surface area (Å²) in [5, 5.41) is 2.01. The van der Waals surface area contributed by atoms with Crippen molar-refractivity contribution in [1.82, 2.24) is 9.80 Å². The highest BCUT2D eigenvalue weighted by molar-refractivity contribution is 7.10. The Kier molecular flexibility index (Phi) is 5.91. The minimum absolute atomic E-state index is 0.0892. The predicted molar refractivity (Wildman–Crippen MR) is 99.3 cm³/mol. The van der Waals surface area contributed by atoms with Crippen molar-refractivity contribution >= 4 is 29.2 Å². The van der Waals surface area contributed by atoms with Crippen molar-refractivity contribution in [1.29, 1.82) is 0 Å². The first-order valence-corrected chi connectivity index (χ1v) is 9.77. The quantitative estimate of drug-likeness (QED) is 0.757. The molecule has 2 aliphatic heterocycles. The largest absolute Gasteiger partial charge is 0.383 e. The standard InChI is InChI=1S/C19H26N2O3S/c1-24-13-12-21-15-19(7-6-18(21)23)8-10-20(11-9-19)17(22)5-4-16-3-2-14-25-16/h2-5,14H,6-13,15H2,1H3/b5-4+. The van der Waals surface area contributed by atoms with Gasteiger partial charge < -0.3 is 14.5 Å². The fourth-order valence-corrected chi connectivity index (χ4v) is 4.38. The molecule has 0 unspecified atom stereocenters. The fraction of sp³-hybridized carbons (Fsp3) is 0.579. The Balaban J connectivity index is 1.53. The molecule has 0 radical (unpaired) electrons. The minimum atomic E-state index is 0.0892. The van der Waals surface area contributed by atoms with Crippen LogP contribution in [0, 0.1) is 5.41 Å². The summed E-state index contributed by atoms with van der Waals surface area (Å²) in [6, 6.07) is 3.99. The Hall–Kier alpha value is -1.66. The highest BCUT2D eigenvalue weighted by Gasteiger charge is 2.41. The van der Waals surface area contributed by atoms with Crippen LogP contribution in [-0.4, -0.2) is 61.5 Å². The molecule has 136 valence electrons. The number of carbonyl (C=O) groups excluding carboxylic acids is 2. The van der Waals surface area contributed by atoms with Crippen LogP contribution in [0.25, 0.3) is 6.08 Å². The third kappa shape index (κ3) is 4.50. The molecule has 1 spiro atoms. The van der Waals surface area contributed by atoms with E-state index in [1.165, 1.54) is 0 Å². The molecular formula is C19H26N2O3S. The lowest BCUT2D eigenvalue weighted by Gasteiger charge is -2.47. The minimum Gasteiger partial charge on any atom is -0.383 e. The molecule has 0 saturated carbocycles. The molecule has 25 heavy (non-hydrogen) atoms. The molecule has 3 rings (SSSR count). The van der Waals surface area contributed by atoms with Crippen molar-refractivity contribution in [3.8, 4) is 0 Å². The Morgan fingerprint density at radius 3 is 2.84 bits per heavy atom. The van der Waals surface area contributed by atoms with Gasteiger partial charge in [-0.3, -0.25) is 9.59 Å². The number of rotatable bonds is 5. The van der Waals surface area contributed by atoms with Crippen LogP contribution in [0.2, 0.25) is 0 Å². The zero-order chi connectivity index (χ0) is 17.7. The molecule has 2 saturated heterocycles. The first kappa shape index (κ1) is 18.1. The van der Waals surface area contributed by atoms with Crippen LogP contribution in [0.4, 0.5) is 0 Å². The number of nitrogens with zero attached hydrogens (tertiary/aromatic N) is 2. The monoisotopic (exact) mass is 362 g/mol. The number of methoxy groups -OCH3 is 1. The lowest BCUT2D eigenvalue weighted by molar-refractivity contribution is -0.141. The van der Waals surface area contributed by atoms with Gasteiger partial charge in [0.2, 0.25) is 11.8 Å². The summed E-state index contributed by atoms with van der Waals surface area (Å²) in [5.74, 6) is 0.325. The molecule has 0 aromatic carbocycles. The van der Waals surface area contributed by atoms with Gasteiger partial charge in [0, 0.05) is 50.7 Å². The Morgan fingerprint density at radius 1 is 1.36 bits per heavy atom. The molecule has 0 atom stereocenters. The molecule has 0 N–H and O–H groups in total. The summed E-state index contributed by atoms with van der Waals surface area (Å²) < 4.78 is 5.12. The number of carbonyl (C=O) groups is 2. The van der Waals surface area contributed by atoms with Gasteiger partial charge in [-0.25, -0.2) is 0 Å². The van der Waals surface area contributed by atoms with Crippen molar-refractivity contribution in [2.75, 3.05) is 39.9 Å². The molecule has 3 heterocycles. The second-order valence-corrected chi connectivity index (χ2v) is 7.96. The zero-order valence-corrected chi connectivity index (χ0v) is 15.6. The normalized spacial score (nSPS) is 20.6. The third-order valence-corrected chi connectivity index (χ3v) is 6.22. The van der Waals surface area contributed by atoms with E-state index >= 15 is 0 Å². The van der Waals surface area contributed by atoms with Gasteiger partial charge >= 0.3 is 0 Å². The lowest BCUT2D eigenvalue weighted by Crippen LogP contribution is -2.52. The van der Waals surface area contributed by atoms with Crippen molar-refractivity contribution in [3.05, 3.63) is 28.5 Å². The molecule has 0 aliphatic carbocycles. The number of likely N-dealkylation sites (tertiary alicyclic amines) is 2. The molecule has 2 amide bonds. The van der Waals surface area contributed by atoms with Crippen LogP contribution >= 0.6 is 11.3 Å². The number of hydrogen-bond acceptors (Lipinski definition) is 4. The van der Waals surface area contributed by atoms with Crippen LogP contribution in [0.5, 0.6) is 0 Å². The summed E-state index contributed by atoms with van der Waals surface area (Å²) in [4.78, 5) is 29.5. The predicted octanol–water partition coefficient (Wildman–Crippen LogP) is 2.64. The number of thiophene rings is 1. The third-order valence-electron chi connectivity index (χ3n) is 5.38. The summed E-state index contributed by atoms with van der Waals surface area (Å²) in [7, 11) is 1.66. The second-order valence-electron chi connectivity index (χ2n) is 6.98. The molecule has 6 heteroatoms. The first-order chi connectivity index (χ1) is 12.1. The van der Waals surface area contributed by atoms with Crippen LogP contribution in [0.15, 0.2) is 23.6 Å². The van der Waals surface area contributed by atoms with Crippen molar-refractivity contribution < 1.29 is 14.3 Å².